The quantitative estimate of drug-likeness (QED) is 0.528. The minimum absolute atomic E-state index is 0.0307. The van der Waals surface area contributed by atoms with Gasteiger partial charge in [-0.3, -0.25) is 14.4 Å². The summed E-state index contributed by atoms with van der Waals surface area (Å²) in [6.45, 7) is 3.67. The molecule has 11 heteroatoms. The molecule has 0 saturated carbocycles. The van der Waals surface area contributed by atoms with Crippen molar-refractivity contribution in [2.45, 2.75) is 38.0 Å². The zero-order chi connectivity index (χ0) is 25.4. The highest BCUT2D eigenvalue weighted by Crippen LogP contribution is 2.40. The van der Waals surface area contributed by atoms with Crippen molar-refractivity contribution >= 4 is 73.6 Å². The zero-order valence-electron chi connectivity index (χ0n) is 18.7. The number of benzene rings is 2. The van der Waals surface area contributed by atoms with E-state index >= 15 is 0 Å². The van der Waals surface area contributed by atoms with E-state index in [1.807, 2.05) is 0 Å². The molecule has 2 aromatic rings. The van der Waals surface area contributed by atoms with Crippen molar-refractivity contribution < 1.29 is 22.8 Å². The van der Waals surface area contributed by atoms with Crippen molar-refractivity contribution in [3.63, 3.8) is 0 Å². The van der Waals surface area contributed by atoms with Crippen molar-refractivity contribution in [2.24, 2.45) is 5.92 Å². The molecule has 1 unspecified atom stereocenters. The van der Waals surface area contributed by atoms with Crippen LogP contribution in [0.4, 0.5) is 11.4 Å². The molecule has 0 fully saturated rings. The summed E-state index contributed by atoms with van der Waals surface area (Å²) >= 11 is 18.6. The molecule has 7 nitrogen and oxygen atoms in total. The number of carbonyl (C=O) groups is 3. The third kappa shape index (κ3) is 5.74. The predicted molar refractivity (Wildman–Crippen MR) is 134 cm³/mol. The number of nitrogens with zero attached hydrogens (tertiary/aromatic N) is 1. The third-order valence-corrected chi connectivity index (χ3v) is 7.67. The Kier molecular flexibility index (Phi) is 7.97. The van der Waals surface area contributed by atoms with Gasteiger partial charge in [0.05, 0.1) is 26.3 Å². The lowest BCUT2D eigenvalue weighted by Gasteiger charge is -2.31. The molecule has 182 valence electrons. The Balaban J connectivity index is 1.68. The van der Waals surface area contributed by atoms with Crippen molar-refractivity contribution in [2.75, 3.05) is 23.0 Å². The summed E-state index contributed by atoms with van der Waals surface area (Å²) in [5, 5.41) is 3.33. The molecule has 0 aliphatic carbocycles. The van der Waals surface area contributed by atoms with E-state index in [2.05, 4.69) is 5.32 Å². The Hall–Kier alpha value is -2.13. The van der Waals surface area contributed by atoms with Gasteiger partial charge in [0.1, 0.15) is 0 Å². The number of hydrogen-bond donors (Lipinski definition) is 1. The molecule has 0 saturated heterocycles. The molecule has 2 aromatic carbocycles. The van der Waals surface area contributed by atoms with Gasteiger partial charge in [0, 0.05) is 42.6 Å². The van der Waals surface area contributed by atoms with Crippen LogP contribution in [0.15, 0.2) is 29.2 Å². The monoisotopic (exact) mass is 544 g/mol. The summed E-state index contributed by atoms with van der Waals surface area (Å²) in [6.07, 6.45) is 1.31. The third-order valence-electron chi connectivity index (χ3n) is 5.56. The van der Waals surface area contributed by atoms with E-state index in [1.54, 1.807) is 13.8 Å². The topological polar surface area (TPSA) is 101 Å². The number of fused-ring (bicyclic) bond motifs is 1. The first-order valence-electron chi connectivity index (χ1n) is 10.4. The van der Waals surface area contributed by atoms with Gasteiger partial charge in [-0.2, -0.15) is 0 Å². The van der Waals surface area contributed by atoms with Crippen LogP contribution in [0, 0.1) is 12.8 Å². The predicted octanol–water partition coefficient (Wildman–Crippen LogP) is 5.33. The van der Waals surface area contributed by atoms with E-state index in [4.69, 9.17) is 34.8 Å². The van der Waals surface area contributed by atoms with E-state index in [0.29, 0.717) is 21.8 Å². The lowest BCUT2D eigenvalue weighted by molar-refractivity contribution is -0.120. The number of halogens is 3. The number of sulfone groups is 1. The molecule has 0 radical (unpaired) electrons. The van der Waals surface area contributed by atoms with Crippen LogP contribution in [0.3, 0.4) is 0 Å². The second-order valence-corrected chi connectivity index (χ2v) is 11.6. The summed E-state index contributed by atoms with van der Waals surface area (Å²) in [7, 11) is -3.42. The molecule has 1 N–H and O–H groups in total. The van der Waals surface area contributed by atoms with Gasteiger partial charge >= 0.3 is 0 Å². The first kappa shape index (κ1) is 26.5. The van der Waals surface area contributed by atoms with Crippen LogP contribution in [0.5, 0.6) is 0 Å². The van der Waals surface area contributed by atoms with Crippen molar-refractivity contribution in [1.29, 1.82) is 0 Å². The molecule has 0 bridgehead atoms. The van der Waals surface area contributed by atoms with Crippen LogP contribution in [0.1, 0.15) is 42.1 Å². The van der Waals surface area contributed by atoms with Gasteiger partial charge in [-0.25, -0.2) is 8.42 Å². The number of amides is 2. The molecule has 34 heavy (non-hydrogen) atoms. The number of hydrogen-bond acceptors (Lipinski definition) is 5. The normalized spacial score (nSPS) is 14.5. The van der Waals surface area contributed by atoms with Crippen LogP contribution in [-0.4, -0.2) is 38.8 Å². The van der Waals surface area contributed by atoms with Crippen molar-refractivity contribution in [1.82, 2.24) is 0 Å². The average molecular weight is 546 g/mol. The second kappa shape index (κ2) is 10.2. The largest absolute Gasteiger partial charge is 0.325 e. The maximum Gasteiger partial charge on any atom is 0.227 e. The summed E-state index contributed by atoms with van der Waals surface area (Å²) in [4.78, 5) is 39.6. The fourth-order valence-electron chi connectivity index (χ4n) is 3.83. The van der Waals surface area contributed by atoms with Gasteiger partial charge in [-0.15, -0.1) is 0 Å². The van der Waals surface area contributed by atoms with Crippen LogP contribution in [0.25, 0.3) is 0 Å². The van der Waals surface area contributed by atoms with E-state index < -0.39 is 9.84 Å². The van der Waals surface area contributed by atoms with Gasteiger partial charge < -0.3 is 10.2 Å². The summed E-state index contributed by atoms with van der Waals surface area (Å²) < 4.78 is 23.3. The Labute approximate surface area is 213 Å². The molecule has 1 aliphatic rings. The molecule has 3 rings (SSSR count). The highest BCUT2D eigenvalue weighted by molar-refractivity contribution is 7.90. The number of nitrogens with one attached hydrogen (secondary N) is 1. The van der Waals surface area contributed by atoms with Gasteiger partial charge in [-0.05, 0) is 42.7 Å². The summed E-state index contributed by atoms with van der Waals surface area (Å²) in [6, 6.07) is 5.57. The molecule has 1 aliphatic heterocycles. The Morgan fingerprint density at radius 1 is 1.09 bits per heavy atom. The lowest BCUT2D eigenvalue weighted by atomic mass is 9.94. The van der Waals surface area contributed by atoms with Gasteiger partial charge in [0.15, 0.2) is 15.6 Å². The lowest BCUT2D eigenvalue weighted by Crippen LogP contribution is -2.39. The number of rotatable bonds is 6. The fourth-order valence-corrected chi connectivity index (χ4v) is 5.34. The molecule has 1 heterocycles. The zero-order valence-corrected chi connectivity index (χ0v) is 21.8. The van der Waals surface area contributed by atoms with Crippen molar-refractivity contribution in [3.05, 3.63) is 50.5 Å². The van der Waals surface area contributed by atoms with E-state index in [0.717, 1.165) is 6.26 Å². The Bertz CT molecular complexity index is 1290. The molecular weight excluding hydrogens is 523 g/mol. The molecular formula is C23H23Cl3N2O5S. The minimum atomic E-state index is -3.42. The Morgan fingerprint density at radius 3 is 2.38 bits per heavy atom. The number of carbonyl (C=O) groups excluding carboxylic acids is 3. The van der Waals surface area contributed by atoms with Crippen LogP contribution >= 0.6 is 34.8 Å². The van der Waals surface area contributed by atoms with Crippen molar-refractivity contribution in [3.8, 4) is 0 Å². The van der Waals surface area contributed by atoms with E-state index in [-0.39, 0.29) is 70.0 Å². The summed E-state index contributed by atoms with van der Waals surface area (Å²) in [5.74, 6) is -1.07. The first-order chi connectivity index (χ1) is 15.8. The van der Waals surface area contributed by atoms with Gasteiger partial charge in [0.25, 0.3) is 0 Å². The highest BCUT2D eigenvalue weighted by Gasteiger charge is 2.32. The van der Waals surface area contributed by atoms with E-state index in [9.17, 15) is 22.8 Å². The second-order valence-electron chi connectivity index (χ2n) is 8.38. The maximum absolute atomic E-state index is 13.1. The SMILES string of the molecule is Cc1c(Cl)cc(Cl)c2c1C(=O)CCN2C(=O)CC(C)CC(=O)Nc1ccc(S(C)(=O)=O)cc1Cl. The molecule has 0 aromatic heterocycles. The number of Topliss-reactive ketones (excluding diaryl/α,β-unsaturated/α-hetero) is 1. The number of anilines is 2. The maximum atomic E-state index is 13.1. The molecule has 0 spiro atoms. The molecule has 1 atom stereocenters. The van der Waals surface area contributed by atoms with Gasteiger partial charge in [-0.1, -0.05) is 41.7 Å². The first-order valence-corrected chi connectivity index (χ1v) is 13.4. The number of ketones is 1. The summed E-state index contributed by atoms with van der Waals surface area (Å²) in [5.41, 5.74) is 1.57. The van der Waals surface area contributed by atoms with E-state index in [1.165, 1.54) is 29.2 Å². The smallest absolute Gasteiger partial charge is 0.227 e. The Morgan fingerprint density at radius 2 is 1.76 bits per heavy atom. The van der Waals surface area contributed by atoms with Gasteiger partial charge in [0.2, 0.25) is 11.8 Å². The fraction of sp³-hybridized carbons (Fsp3) is 0.348. The highest BCUT2D eigenvalue weighted by atomic mass is 35.5. The van der Waals surface area contributed by atoms with Crippen LogP contribution < -0.4 is 10.2 Å². The minimum Gasteiger partial charge on any atom is -0.325 e. The van der Waals surface area contributed by atoms with Crippen LogP contribution in [0.2, 0.25) is 15.1 Å². The standard InChI is InChI=1S/C23H23Cl3N2O5S/c1-12(8-20(30)27-18-5-4-14(10-16(18)25)34(3,32)33)9-21(31)28-7-6-19(29)22-13(2)15(24)11-17(26)23(22)28/h4-5,10-12H,6-9H2,1-3H3,(H,27,30). The van der Waals surface area contributed by atoms with Crippen LogP contribution in [-0.2, 0) is 19.4 Å². The average Bonchev–Trinajstić information content (AvgIpc) is 2.72. The molecule has 2 amide bonds.